The molecular weight excluding hydrogens is 316 g/mol. The van der Waals surface area contributed by atoms with E-state index in [0.29, 0.717) is 17.5 Å². The molecule has 0 aliphatic heterocycles. The summed E-state index contributed by atoms with van der Waals surface area (Å²) in [5.41, 5.74) is 2.59. The smallest absolute Gasteiger partial charge is 0.223 e. The van der Waals surface area contributed by atoms with E-state index in [1.165, 1.54) is 6.33 Å². The van der Waals surface area contributed by atoms with Gasteiger partial charge in [0.1, 0.15) is 24.2 Å². The third-order valence-electron chi connectivity index (χ3n) is 3.51. The van der Waals surface area contributed by atoms with Crippen LogP contribution in [0.1, 0.15) is 5.82 Å². The highest BCUT2D eigenvalue weighted by atomic mass is 16.5. The summed E-state index contributed by atoms with van der Waals surface area (Å²) in [5.74, 6) is 1.80. The predicted molar refractivity (Wildman–Crippen MR) is 91.4 cm³/mol. The first kappa shape index (κ1) is 14.9. The van der Waals surface area contributed by atoms with Crippen LogP contribution in [0.25, 0.3) is 16.9 Å². The molecule has 0 saturated heterocycles. The van der Waals surface area contributed by atoms with Crippen molar-refractivity contribution in [2.75, 3.05) is 0 Å². The number of nitrogens with zero attached hydrogens (tertiary/aromatic N) is 6. The number of aryl methyl sites for hydroxylation is 1. The fourth-order valence-corrected chi connectivity index (χ4v) is 2.38. The van der Waals surface area contributed by atoms with Gasteiger partial charge < -0.3 is 4.74 Å². The van der Waals surface area contributed by atoms with Crippen LogP contribution in [0.15, 0.2) is 67.5 Å². The molecule has 3 heterocycles. The summed E-state index contributed by atoms with van der Waals surface area (Å²) in [5, 5.41) is 4.10. The Morgan fingerprint density at radius 1 is 1.00 bits per heavy atom. The molecule has 3 aromatic heterocycles. The fourth-order valence-electron chi connectivity index (χ4n) is 2.38. The second-order valence-electron chi connectivity index (χ2n) is 5.32. The van der Waals surface area contributed by atoms with Crippen LogP contribution < -0.4 is 4.74 Å². The number of pyridine rings is 1. The molecule has 0 saturated carbocycles. The lowest BCUT2D eigenvalue weighted by molar-refractivity contribution is 0.460. The lowest BCUT2D eigenvalue weighted by Gasteiger charge is -2.08. The Bertz CT molecular complexity index is 968. The fraction of sp³-hybridized carbons (Fsp3) is 0.0556. The summed E-state index contributed by atoms with van der Waals surface area (Å²) in [6.45, 7) is 1.83. The summed E-state index contributed by atoms with van der Waals surface area (Å²) in [6, 6.07) is 13.1. The Hall–Kier alpha value is -3.61. The van der Waals surface area contributed by atoms with Crippen LogP contribution in [0.2, 0.25) is 0 Å². The van der Waals surface area contributed by atoms with Gasteiger partial charge in [-0.2, -0.15) is 10.1 Å². The summed E-state index contributed by atoms with van der Waals surface area (Å²) < 4.78 is 7.56. The van der Waals surface area contributed by atoms with Crippen molar-refractivity contribution >= 4 is 0 Å². The van der Waals surface area contributed by atoms with Gasteiger partial charge in [-0.3, -0.25) is 4.98 Å². The highest BCUT2D eigenvalue weighted by Gasteiger charge is 2.07. The molecule has 0 aliphatic carbocycles. The van der Waals surface area contributed by atoms with E-state index in [9.17, 15) is 0 Å². The molecule has 0 spiro atoms. The van der Waals surface area contributed by atoms with E-state index in [0.717, 1.165) is 16.9 Å². The molecule has 0 aliphatic rings. The van der Waals surface area contributed by atoms with Crippen molar-refractivity contribution in [2.24, 2.45) is 0 Å². The second-order valence-corrected chi connectivity index (χ2v) is 5.32. The molecule has 0 atom stereocenters. The first-order valence-electron chi connectivity index (χ1n) is 7.67. The molecule has 0 N–H and O–H groups in total. The number of ether oxygens (including phenoxy) is 1. The molecule has 4 rings (SSSR count). The van der Waals surface area contributed by atoms with Crippen LogP contribution in [0.3, 0.4) is 0 Å². The molecule has 25 heavy (non-hydrogen) atoms. The lowest BCUT2D eigenvalue weighted by atomic mass is 10.2. The topological polar surface area (TPSA) is 78.6 Å². The molecule has 7 heteroatoms. The monoisotopic (exact) mass is 330 g/mol. The van der Waals surface area contributed by atoms with Crippen LogP contribution in [-0.2, 0) is 0 Å². The number of aromatic nitrogens is 6. The lowest BCUT2D eigenvalue weighted by Crippen LogP contribution is -1.97. The summed E-state index contributed by atoms with van der Waals surface area (Å²) in [4.78, 5) is 16.8. The van der Waals surface area contributed by atoms with E-state index in [4.69, 9.17) is 4.74 Å². The van der Waals surface area contributed by atoms with Gasteiger partial charge in [-0.1, -0.05) is 0 Å². The highest BCUT2D eigenvalue weighted by Crippen LogP contribution is 2.25. The van der Waals surface area contributed by atoms with Gasteiger partial charge in [-0.25, -0.2) is 14.6 Å². The van der Waals surface area contributed by atoms with Crippen LogP contribution in [0.4, 0.5) is 0 Å². The van der Waals surface area contributed by atoms with E-state index in [-0.39, 0.29) is 0 Å². The maximum atomic E-state index is 5.88. The Kier molecular flexibility index (Phi) is 3.88. The molecule has 4 aromatic rings. The third-order valence-corrected chi connectivity index (χ3v) is 3.51. The van der Waals surface area contributed by atoms with Crippen molar-refractivity contribution in [3.05, 3.63) is 73.3 Å². The third kappa shape index (κ3) is 3.35. The normalized spacial score (nSPS) is 10.6. The van der Waals surface area contributed by atoms with Crippen molar-refractivity contribution in [3.8, 4) is 28.6 Å². The molecule has 122 valence electrons. The van der Waals surface area contributed by atoms with Crippen LogP contribution in [-0.4, -0.2) is 29.7 Å². The van der Waals surface area contributed by atoms with Crippen molar-refractivity contribution < 1.29 is 4.74 Å². The Morgan fingerprint density at radius 2 is 1.88 bits per heavy atom. The summed E-state index contributed by atoms with van der Waals surface area (Å²) in [7, 11) is 0. The molecule has 7 nitrogen and oxygen atoms in total. The van der Waals surface area contributed by atoms with E-state index in [2.05, 4.69) is 25.0 Å². The number of hydrogen-bond donors (Lipinski definition) is 0. The highest BCUT2D eigenvalue weighted by molar-refractivity contribution is 5.58. The van der Waals surface area contributed by atoms with Gasteiger partial charge in [0.05, 0.1) is 11.4 Å². The Balaban J connectivity index is 1.59. The first-order valence-corrected chi connectivity index (χ1v) is 7.67. The number of rotatable bonds is 4. The zero-order valence-corrected chi connectivity index (χ0v) is 13.4. The summed E-state index contributed by atoms with van der Waals surface area (Å²) >= 11 is 0. The largest absolute Gasteiger partial charge is 0.439 e. The van der Waals surface area contributed by atoms with Gasteiger partial charge in [0.2, 0.25) is 5.88 Å². The molecule has 0 unspecified atom stereocenters. The minimum atomic E-state index is 0.486. The van der Waals surface area contributed by atoms with Crippen molar-refractivity contribution in [1.82, 2.24) is 29.7 Å². The van der Waals surface area contributed by atoms with Gasteiger partial charge in [-0.05, 0) is 43.3 Å². The average molecular weight is 330 g/mol. The Labute approximate surface area is 144 Å². The van der Waals surface area contributed by atoms with Gasteiger partial charge in [0.25, 0.3) is 0 Å². The van der Waals surface area contributed by atoms with Gasteiger partial charge in [0.15, 0.2) is 0 Å². The number of benzene rings is 1. The molecule has 0 amide bonds. The second kappa shape index (κ2) is 6.48. The minimum absolute atomic E-state index is 0.486. The van der Waals surface area contributed by atoms with E-state index in [1.54, 1.807) is 29.5 Å². The first-order chi connectivity index (χ1) is 12.3. The van der Waals surface area contributed by atoms with Crippen LogP contribution >= 0.6 is 0 Å². The maximum absolute atomic E-state index is 5.88. The molecular formula is C18H14N6O. The minimum Gasteiger partial charge on any atom is -0.439 e. The molecule has 0 radical (unpaired) electrons. The summed E-state index contributed by atoms with van der Waals surface area (Å²) in [6.07, 6.45) is 6.63. The van der Waals surface area contributed by atoms with Gasteiger partial charge >= 0.3 is 0 Å². The molecule has 0 bridgehead atoms. The maximum Gasteiger partial charge on any atom is 0.223 e. The Morgan fingerprint density at radius 3 is 2.60 bits per heavy atom. The van der Waals surface area contributed by atoms with Crippen molar-refractivity contribution in [3.63, 3.8) is 0 Å². The van der Waals surface area contributed by atoms with Crippen LogP contribution in [0.5, 0.6) is 11.6 Å². The zero-order chi connectivity index (χ0) is 17.1. The quantitative estimate of drug-likeness (QED) is 0.572. The van der Waals surface area contributed by atoms with E-state index >= 15 is 0 Å². The van der Waals surface area contributed by atoms with E-state index < -0.39 is 0 Å². The zero-order valence-electron chi connectivity index (χ0n) is 13.4. The van der Waals surface area contributed by atoms with E-state index in [1.807, 2.05) is 43.3 Å². The van der Waals surface area contributed by atoms with Gasteiger partial charge in [0, 0.05) is 24.0 Å². The standard InChI is InChI=1S/C18H14N6O/c1-13-22-17(14-3-2-8-19-10-14)9-18(23-13)25-16-6-4-15(5-7-16)24-12-20-11-21-24/h2-12H,1H3. The predicted octanol–water partition coefficient (Wildman–Crippen LogP) is 3.22. The molecule has 0 fully saturated rings. The SMILES string of the molecule is Cc1nc(Oc2ccc(-n3cncn3)cc2)cc(-c2cccnc2)n1. The van der Waals surface area contributed by atoms with Crippen LogP contribution in [0, 0.1) is 6.92 Å². The molecule has 1 aromatic carbocycles. The number of hydrogen-bond acceptors (Lipinski definition) is 6. The van der Waals surface area contributed by atoms with Gasteiger partial charge in [-0.15, -0.1) is 0 Å². The van der Waals surface area contributed by atoms with Crippen molar-refractivity contribution in [2.45, 2.75) is 6.92 Å². The average Bonchev–Trinajstić information content (AvgIpc) is 3.17. The van der Waals surface area contributed by atoms with Crippen molar-refractivity contribution in [1.29, 1.82) is 0 Å².